The van der Waals surface area contributed by atoms with E-state index >= 15 is 5.25 Å². The molecule has 1 aromatic heterocycles. The molecule has 1 nitrogen and oxygen atoms in total. The monoisotopic (exact) mass is 661 g/mol. The van der Waals surface area contributed by atoms with E-state index in [0.29, 0.717) is 5.69 Å². The average Bonchev–Trinajstić information content (AvgIpc) is 2.89. The molecule has 0 aliphatic heterocycles. The second-order valence-electron chi connectivity index (χ2n) is 9.97. The van der Waals surface area contributed by atoms with E-state index in [-0.39, 0.29) is 15.2 Å². The molecular weight excluding hydrogens is 633 g/mol. The van der Waals surface area contributed by atoms with Crippen LogP contribution in [0.2, 0.25) is 0 Å². The van der Waals surface area contributed by atoms with Crippen molar-refractivity contribution >= 4 is 40.6 Å². The summed E-state index contributed by atoms with van der Waals surface area (Å²) in [7, 11) is 0. The van der Waals surface area contributed by atoms with Gasteiger partial charge in [0.25, 0.3) is 0 Å². The van der Waals surface area contributed by atoms with Crippen LogP contribution in [0.15, 0.2) is 115 Å². The van der Waals surface area contributed by atoms with Gasteiger partial charge in [-0.2, -0.15) is 0 Å². The first-order valence-electron chi connectivity index (χ1n) is 11.7. The molecule has 4 heteroatoms. The van der Waals surface area contributed by atoms with Crippen LogP contribution in [-0.2, 0) is 5.41 Å². The van der Waals surface area contributed by atoms with Gasteiger partial charge in [-0.1, -0.05) is 0 Å². The first-order valence-corrected chi connectivity index (χ1v) is 19.6. The number of benzene rings is 4. The van der Waals surface area contributed by atoms with Crippen LogP contribution in [0.3, 0.4) is 0 Å². The normalized spacial score (nSPS) is 13.3. The molecule has 0 fully saturated rings. The zero-order chi connectivity index (χ0) is 24.7. The van der Waals surface area contributed by atoms with Crippen LogP contribution in [0.4, 0.5) is 5.25 Å². The molecule has 0 amide bonds. The van der Waals surface area contributed by atoms with E-state index in [4.69, 9.17) is 0 Å². The van der Waals surface area contributed by atoms with E-state index in [2.05, 4.69) is 50.0 Å². The molecule has 0 saturated carbocycles. The Kier molecular flexibility index (Phi) is 5.84. The summed E-state index contributed by atoms with van der Waals surface area (Å²) >= 11 is -6.92. The second-order valence-corrected chi connectivity index (χ2v) is 23.0. The van der Waals surface area contributed by atoms with E-state index < -0.39 is 20.0 Å². The van der Waals surface area contributed by atoms with Crippen LogP contribution in [-0.4, -0.2) is 25.0 Å². The Morgan fingerprint density at radius 3 is 1.80 bits per heavy atom. The molecule has 0 aliphatic rings. The standard InChI is InChI=1S/C19H18N.2C6H5.Bi.2FH/c1-19(2,3)17-13-15(18-10-6-7-11-20-18)12-14-8-4-5-9-16(14)17;2*1-2-4-6-5-3-1;;;/h4-5,7-13H,1-3H3;2*1-5H;;2*1H/q;;;+2;;/p-2. The summed E-state index contributed by atoms with van der Waals surface area (Å²) in [6.07, 6.45) is 1.54. The van der Waals surface area contributed by atoms with Crippen molar-refractivity contribution < 1.29 is 5.25 Å². The molecule has 0 saturated heterocycles. The molecular formula is C31H28BiF2N. The first-order chi connectivity index (χ1) is 16.7. The van der Waals surface area contributed by atoms with Crippen LogP contribution in [0.25, 0.3) is 22.0 Å². The molecule has 5 rings (SSSR count). The summed E-state index contributed by atoms with van der Waals surface area (Å²) in [6, 6.07) is 32.2. The Hall–Kier alpha value is -2.97. The van der Waals surface area contributed by atoms with Gasteiger partial charge >= 0.3 is 209 Å². The van der Waals surface area contributed by atoms with Crippen molar-refractivity contribution in [3.63, 3.8) is 0 Å². The van der Waals surface area contributed by atoms with E-state index in [0.717, 1.165) is 10.9 Å². The molecule has 0 radical (unpaired) electrons. The first kappa shape index (κ1) is 23.8. The van der Waals surface area contributed by atoms with Crippen LogP contribution >= 0.6 is 0 Å². The molecule has 0 aliphatic carbocycles. The Morgan fingerprint density at radius 2 is 1.20 bits per heavy atom. The number of halogens is 2. The fourth-order valence-corrected chi connectivity index (χ4v) is 16.2. The summed E-state index contributed by atoms with van der Waals surface area (Å²) in [5.41, 5.74) is 2.50. The van der Waals surface area contributed by atoms with E-state index in [9.17, 15) is 0 Å². The third kappa shape index (κ3) is 4.08. The number of rotatable bonds is 4. The van der Waals surface area contributed by atoms with Gasteiger partial charge in [0.1, 0.15) is 0 Å². The van der Waals surface area contributed by atoms with Gasteiger partial charge < -0.3 is 0 Å². The molecule has 0 N–H and O–H groups in total. The van der Waals surface area contributed by atoms with Crippen molar-refractivity contribution in [2.75, 3.05) is 0 Å². The number of nitrogens with zero attached hydrogens (tertiary/aromatic N) is 1. The summed E-state index contributed by atoms with van der Waals surface area (Å²) in [5, 5.41) is 2.26. The Morgan fingerprint density at radius 1 is 0.629 bits per heavy atom. The molecule has 0 spiro atoms. The zero-order valence-electron chi connectivity index (χ0n) is 20.1. The number of pyridine rings is 1. The number of fused-ring (bicyclic) bond motifs is 1. The van der Waals surface area contributed by atoms with Crippen molar-refractivity contribution in [1.29, 1.82) is 0 Å². The van der Waals surface area contributed by atoms with Gasteiger partial charge in [-0.05, 0) is 0 Å². The van der Waals surface area contributed by atoms with Gasteiger partial charge in [-0.25, -0.2) is 0 Å². The van der Waals surface area contributed by atoms with Gasteiger partial charge in [0.2, 0.25) is 0 Å². The molecule has 0 bridgehead atoms. The summed E-state index contributed by atoms with van der Waals surface area (Å²) < 4.78 is 35.2. The topological polar surface area (TPSA) is 12.9 Å². The molecule has 0 atom stereocenters. The maximum absolute atomic E-state index is 17.4. The Balaban J connectivity index is 1.77. The van der Waals surface area contributed by atoms with E-state index in [1.54, 1.807) is 66.7 Å². The fourth-order valence-electron chi connectivity index (χ4n) is 4.73. The maximum atomic E-state index is 17.4. The van der Waals surface area contributed by atoms with Crippen LogP contribution in [0.5, 0.6) is 0 Å². The number of hydrogen-bond donors (Lipinski definition) is 0. The fraction of sp³-hybridized carbons (Fsp3) is 0.129. The van der Waals surface area contributed by atoms with Crippen molar-refractivity contribution in [1.82, 2.24) is 4.98 Å². The van der Waals surface area contributed by atoms with Gasteiger partial charge in [-0.15, -0.1) is 0 Å². The summed E-state index contributed by atoms with van der Waals surface area (Å²) in [5.74, 6) is 0. The molecule has 35 heavy (non-hydrogen) atoms. The van der Waals surface area contributed by atoms with Gasteiger partial charge in [0.05, 0.1) is 0 Å². The predicted molar refractivity (Wildman–Crippen MR) is 146 cm³/mol. The van der Waals surface area contributed by atoms with Gasteiger partial charge in [0, 0.05) is 0 Å². The van der Waals surface area contributed by atoms with Crippen molar-refractivity contribution in [3.8, 4) is 11.3 Å². The summed E-state index contributed by atoms with van der Waals surface area (Å²) in [6.45, 7) is 6.52. The molecule has 5 aromatic rings. The van der Waals surface area contributed by atoms with E-state index in [1.807, 2.05) is 12.1 Å². The quantitative estimate of drug-likeness (QED) is 0.199. The van der Waals surface area contributed by atoms with E-state index in [1.165, 1.54) is 23.2 Å². The Bertz CT molecular complexity index is 1460. The molecule has 1 heterocycles. The molecule has 4 aromatic carbocycles. The van der Waals surface area contributed by atoms with Crippen LogP contribution < -0.4 is 9.81 Å². The zero-order valence-corrected chi connectivity index (χ0v) is 23.6. The van der Waals surface area contributed by atoms with Crippen molar-refractivity contribution in [2.45, 2.75) is 26.2 Å². The predicted octanol–water partition coefficient (Wildman–Crippen LogP) is 6.56. The molecule has 176 valence electrons. The minimum absolute atomic E-state index is 0.101. The molecule has 0 unspecified atom stereocenters. The van der Waals surface area contributed by atoms with Crippen LogP contribution in [0.1, 0.15) is 26.3 Å². The summed E-state index contributed by atoms with van der Waals surface area (Å²) in [4.78, 5) is 4.57. The number of hydrogen-bond acceptors (Lipinski definition) is 1. The van der Waals surface area contributed by atoms with Gasteiger partial charge in [0.15, 0.2) is 0 Å². The van der Waals surface area contributed by atoms with Crippen molar-refractivity contribution in [3.05, 3.63) is 121 Å². The third-order valence-electron chi connectivity index (χ3n) is 6.58. The van der Waals surface area contributed by atoms with Gasteiger partial charge in [-0.3, -0.25) is 0 Å². The second kappa shape index (κ2) is 8.61. The SMILES string of the molecule is CC(C)(C)c1cc(-c2c[c]([Bi]([F])([F])([c]3ccccc3)[c]3ccccc3)ccn2)cc2ccccc12. The van der Waals surface area contributed by atoms with Crippen LogP contribution in [0, 0.1) is 0 Å². The third-order valence-corrected chi connectivity index (χ3v) is 20.6. The Labute approximate surface area is 208 Å². The van der Waals surface area contributed by atoms with Crippen molar-refractivity contribution in [2.24, 2.45) is 0 Å². The average molecular weight is 662 g/mol. The minimum atomic E-state index is -6.92. The number of aromatic nitrogens is 1.